The first-order valence-electron chi connectivity index (χ1n) is 6.16. The first-order valence-corrected chi connectivity index (χ1v) is 7.04. The molecule has 1 amide bonds. The number of aromatic nitrogens is 2. The van der Waals surface area contributed by atoms with Gasteiger partial charge in [0.2, 0.25) is 0 Å². The van der Waals surface area contributed by atoms with Crippen LogP contribution >= 0.6 is 11.3 Å². The van der Waals surface area contributed by atoms with E-state index in [2.05, 4.69) is 15.3 Å². The quantitative estimate of drug-likeness (QED) is 0.782. The van der Waals surface area contributed by atoms with Crippen molar-refractivity contribution in [1.29, 1.82) is 0 Å². The summed E-state index contributed by atoms with van der Waals surface area (Å²) in [7, 11) is 0. The topological polar surface area (TPSA) is 78.0 Å². The van der Waals surface area contributed by atoms with Gasteiger partial charge in [-0.2, -0.15) is 0 Å². The lowest BCUT2D eigenvalue weighted by atomic mass is 10.2. The fraction of sp³-hybridized carbons (Fsp3) is 0.385. The smallest absolute Gasteiger partial charge is 0.268 e. The van der Waals surface area contributed by atoms with Crippen LogP contribution in [-0.2, 0) is 0 Å². The Labute approximate surface area is 115 Å². The van der Waals surface area contributed by atoms with Gasteiger partial charge >= 0.3 is 0 Å². The van der Waals surface area contributed by atoms with E-state index in [-0.39, 0.29) is 18.6 Å². The van der Waals surface area contributed by atoms with Crippen LogP contribution in [0.3, 0.4) is 0 Å². The number of H-pyrrole nitrogens is 1. The fourth-order valence-electron chi connectivity index (χ4n) is 1.71. The number of rotatable bonds is 5. The average molecular weight is 279 g/mol. The Kier molecular flexibility index (Phi) is 4.34. The summed E-state index contributed by atoms with van der Waals surface area (Å²) in [4.78, 5) is 19.3. The minimum atomic E-state index is -0.209. The zero-order valence-corrected chi connectivity index (χ0v) is 11.8. The van der Waals surface area contributed by atoms with Crippen LogP contribution in [0.5, 0.6) is 0 Å². The number of aliphatic hydroxyl groups excluding tert-OH is 1. The molecule has 0 fully saturated rings. The number of thiazole rings is 1. The van der Waals surface area contributed by atoms with Crippen LogP contribution in [0.4, 0.5) is 0 Å². The fourth-order valence-corrected chi connectivity index (χ4v) is 2.33. The van der Waals surface area contributed by atoms with Crippen LogP contribution in [0, 0.1) is 6.92 Å². The molecule has 0 aliphatic rings. The molecule has 2 aromatic rings. The van der Waals surface area contributed by atoms with Crippen molar-refractivity contribution in [3.63, 3.8) is 0 Å². The minimum absolute atomic E-state index is 0.0545. The van der Waals surface area contributed by atoms with Gasteiger partial charge < -0.3 is 15.4 Å². The number of aromatic amines is 1. The zero-order chi connectivity index (χ0) is 13.8. The average Bonchev–Trinajstić information content (AvgIpc) is 3.04. The molecular weight excluding hydrogens is 262 g/mol. The van der Waals surface area contributed by atoms with Gasteiger partial charge in [0, 0.05) is 17.1 Å². The van der Waals surface area contributed by atoms with E-state index < -0.39 is 0 Å². The number of nitrogens with zero attached hydrogens (tertiary/aromatic N) is 1. The van der Waals surface area contributed by atoms with Gasteiger partial charge in [0.15, 0.2) is 0 Å². The number of hydrogen-bond donors (Lipinski definition) is 3. The van der Waals surface area contributed by atoms with Crippen molar-refractivity contribution >= 4 is 17.2 Å². The van der Waals surface area contributed by atoms with Gasteiger partial charge in [0.05, 0.1) is 23.4 Å². The molecule has 2 heterocycles. The maximum Gasteiger partial charge on any atom is 0.268 e. The summed E-state index contributed by atoms with van der Waals surface area (Å²) >= 11 is 1.58. The molecule has 102 valence electrons. The van der Waals surface area contributed by atoms with Crippen LogP contribution < -0.4 is 5.32 Å². The predicted molar refractivity (Wildman–Crippen MR) is 75.3 cm³/mol. The highest BCUT2D eigenvalue weighted by Gasteiger charge is 2.14. The van der Waals surface area contributed by atoms with Crippen LogP contribution in [0.2, 0.25) is 0 Å². The van der Waals surface area contributed by atoms with E-state index in [4.69, 9.17) is 5.11 Å². The van der Waals surface area contributed by atoms with E-state index in [0.717, 1.165) is 16.3 Å². The highest BCUT2D eigenvalue weighted by molar-refractivity contribution is 7.09. The molecule has 0 aromatic carbocycles. The lowest BCUT2D eigenvalue weighted by Crippen LogP contribution is -2.37. The first kappa shape index (κ1) is 13.8. The lowest BCUT2D eigenvalue weighted by molar-refractivity contribution is 0.0910. The first-order chi connectivity index (χ1) is 9.13. The van der Waals surface area contributed by atoms with Gasteiger partial charge in [-0.15, -0.1) is 11.3 Å². The number of aliphatic hydroxyl groups is 1. The molecule has 0 saturated carbocycles. The number of hydrogen-bond acceptors (Lipinski definition) is 4. The number of nitrogens with one attached hydrogen (secondary N) is 2. The molecule has 5 nitrogen and oxygen atoms in total. The van der Waals surface area contributed by atoms with E-state index in [0.29, 0.717) is 12.1 Å². The van der Waals surface area contributed by atoms with Gasteiger partial charge in [-0.25, -0.2) is 4.98 Å². The van der Waals surface area contributed by atoms with Gasteiger partial charge in [0.1, 0.15) is 5.69 Å². The third-order valence-electron chi connectivity index (χ3n) is 2.89. The molecule has 0 saturated heterocycles. The van der Waals surface area contributed by atoms with Crippen molar-refractivity contribution in [3.05, 3.63) is 28.3 Å². The molecule has 0 unspecified atom stereocenters. The summed E-state index contributed by atoms with van der Waals surface area (Å²) in [5.74, 6) is -0.209. The van der Waals surface area contributed by atoms with E-state index in [1.54, 1.807) is 23.6 Å². The number of aryl methyl sites for hydroxylation is 1. The second-order valence-electron chi connectivity index (χ2n) is 4.32. The van der Waals surface area contributed by atoms with Crippen molar-refractivity contribution in [3.8, 4) is 11.3 Å². The monoisotopic (exact) mass is 279 g/mol. The molecule has 0 radical (unpaired) electrons. The summed E-state index contributed by atoms with van der Waals surface area (Å²) in [6.07, 6.45) is 2.46. The van der Waals surface area contributed by atoms with Crippen molar-refractivity contribution < 1.29 is 9.90 Å². The molecule has 1 atom stereocenters. The lowest BCUT2D eigenvalue weighted by Gasteiger charge is -2.12. The van der Waals surface area contributed by atoms with E-state index in [1.807, 2.05) is 19.2 Å². The van der Waals surface area contributed by atoms with Crippen LogP contribution in [-0.4, -0.2) is 33.6 Å². The summed E-state index contributed by atoms with van der Waals surface area (Å²) in [5, 5.41) is 14.8. The summed E-state index contributed by atoms with van der Waals surface area (Å²) < 4.78 is 0. The maximum absolute atomic E-state index is 12.0. The Morgan fingerprint density at radius 2 is 2.42 bits per heavy atom. The third kappa shape index (κ3) is 3.21. The van der Waals surface area contributed by atoms with E-state index >= 15 is 0 Å². The van der Waals surface area contributed by atoms with Gasteiger partial charge in [-0.1, -0.05) is 6.92 Å². The Bertz CT molecular complexity index is 558. The van der Waals surface area contributed by atoms with E-state index in [9.17, 15) is 4.79 Å². The molecule has 2 aromatic heterocycles. The molecular formula is C13H17N3O2S. The van der Waals surface area contributed by atoms with Crippen LogP contribution in [0.25, 0.3) is 11.3 Å². The van der Waals surface area contributed by atoms with Gasteiger partial charge in [-0.3, -0.25) is 4.79 Å². The molecule has 3 N–H and O–H groups in total. The predicted octanol–water partition coefficient (Wildman–Crippen LogP) is 1.95. The van der Waals surface area contributed by atoms with Gasteiger partial charge in [0.25, 0.3) is 5.91 Å². The maximum atomic E-state index is 12.0. The van der Waals surface area contributed by atoms with Crippen molar-refractivity contribution in [2.24, 2.45) is 0 Å². The zero-order valence-electron chi connectivity index (χ0n) is 10.9. The summed E-state index contributed by atoms with van der Waals surface area (Å²) in [6, 6.07) is 1.56. The largest absolute Gasteiger partial charge is 0.394 e. The molecule has 2 rings (SSSR count). The number of carbonyl (C=O) groups is 1. The molecule has 19 heavy (non-hydrogen) atoms. The Morgan fingerprint density at radius 1 is 1.63 bits per heavy atom. The van der Waals surface area contributed by atoms with Crippen molar-refractivity contribution in [1.82, 2.24) is 15.3 Å². The molecule has 6 heteroatoms. The van der Waals surface area contributed by atoms with Crippen LogP contribution in [0.15, 0.2) is 17.6 Å². The number of carbonyl (C=O) groups excluding carboxylic acids is 1. The molecule has 0 aliphatic carbocycles. The molecule has 0 aliphatic heterocycles. The van der Waals surface area contributed by atoms with Crippen LogP contribution in [0.1, 0.15) is 28.8 Å². The third-order valence-corrected chi connectivity index (χ3v) is 3.66. The number of amides is 1. The Balaban J connectivity index is 2.10. The Hall–Kier alpha value is -1.66. The summed E-state index contributed by atoms with van der Waals surface area (Å²) in [5.41, 5.74) is 2.24. The normalized spacial score (nSPS) is 12.4. The Morgan fingerprint density at radius 3 is 3.00 bits per heavy atom. The van der Waals surface area contributed by atoms with Crippen molar-refractivity contribution in [2.45, 2.75) is 26.3 Å². The SMILES string of the molecule is CC[C@@H](CO)NC(=O)c1cc(-c2csc(C)n2)c[nH]1. The van der Waals surface area contributed by atoms with E-state index in [1.165, 1.54) is 0 Å². The van der Waals surface area contributed by atoms with Gasteiger partial charge in [-0.05, 0) is 19.4 Å². The highest BCUT2D eigenvalue weighted by atomic mass is 32.1. The molecule has 0 bridgehead atoms. The second-order valence-corrected chi connectivity index (χ2v) is 5.38. The molecule has 0 spiro atoms. The standard InChI is InChI=1S/C13H17N3O2S/c1-3-10(6-17)16-13(18)11-4-9(5-14-11)12-7-19-8(2)15-12/h4-5,7,10,14,17H,3,6H2,1-2H3,(H,16,18)/t10-/m0/s1. The highest BCUT2D eigenvalue weighted by Crippen LogP contribution is 2.22. The van der Waals surface area contributed by atoms with Crippen molar-refractivity contribution in [2.75, 3.05) is 6.61 Å². The minimum Gasteiger partial charge on any atom is -0.394 e. The second kappa shape index (κ2) is 5.99. The summed E-state index contributed by atoms with van der Waals surface area (Å²) in [6.45, 7) is 3.81.